The van der Waals surface area contributed by atoms with Crippen molar-refractivity contribution in [2.24, 2.45) is 5.41 Å². The van der Waals surface area contributed by atoms with E-state index in [0.717, 1.165) is 11.5 Å². The van der Waals surface area contributed by atoms with Crippen molar-refractivity contribution in [1.82, 2.24) is 5.32 Å². The molecule has 0 aliphatic heterocycles. The summed E-state index contributed by atoms with van der Waals surface area (Å²) in [4.78, 5) is 23.2. The van der Waals surface area contributed by atoms with E-state index < -0.39 is 11.4 Å². The van der Waals surface area contributed by atoms with Crippen molar-refractivity contribution in [3.63, 3.8) is 0 Å². The molecule has 5 heteroatoms. The number of aliphatic carboxylic acids is 1. The first kappa shape index (κ1) is 17.3. The summed E-state index contributed by atoms with van der Waals surface area (Å²) in [5, 5.41) is 12.1. The molecule has 18 heavy (non-hydrogen) atoms. The number of amides is 1. The highest BCUT2D eigenvalue weighted by molar-refractivity contribution is 7.99. The average molecular weight is 275 g/mol. The van der Waals surface area contributed by atoms with Crippen LogP contribution in [0.5, 0.6) is 0 Å². The van der Waals surface area contributed by atoms with Gasteiger partial charge in [0.15, 0.2) is 0 Å². The van der Waals surface area contributed by atoms with Crippen molar-refractivity contribution in [2.45, 2.75) is 53.0 Å². The maximum atomic E-state index is 11.9. The minimum atomic E-state index is -0.915. The minimum absolute atomic E-state index is 0.0659. The van der Waals surface area contributed by atoms with Crippen molar-refractivity contribution in [1.29, 1.82) is 0 Å². The standard InChI is InChI=1S/C13H25NO3S/c1-5-13(6-2,12(16)17)8-11(15)14-10(4)9-18-7-3/h10H,5-9H2,1-4H3,(H,14,15)(H,16,17). The van der Waals surface area contributed by atoms with Gasteiger partial charge in [-0.25, -0.2) is 0 Å². The molecule has 0 saturated carbocycles. The third-order valence-corrected chi connectivity index (χ3v) is 4.43. The van der Waals surface area contributed by atoms with Gasteiger partial charge in [0.1, 0.15) is 0 Å². The van der Waals surface area contributed by atoms with E-state index in [1.165, 1.54) is 0 Å². The van der Waals surface area contributed by atoms with E-state index in [9.17, 15) is 14.7 Å². The summed E-state index contributed by atoms with van der Waals surface area (Å²) in [7, 11) is 0. The summed E-state index contributed by atoms with van der Waals surface area (Å²) in [5.41, 5.74) is -0.915. The van der Waals surface area contributed by atoms with Gasteiger partial charge in [0.2, 0.25) is 5.91 Å². The molecule has 0 radical (unpaired) electrons. The van der Waals surface area contributed by atoms with E-state index in [-0.39, 0.29) is 18.4 Å². The van der Waals surface area contributed by atoms with Crippen LogP contribution in [-0.2, 0) is 9.59 Å². The molecule has 1 amide bonds. The Labute approximate surface area is 114 Å². The predicted molar refractivity (Wildman–Crippen MR) is 75.9 cm³/mol. The van der Waals surface area contributed by atoms with E-state index in [1.54, 1.807) is 11.8 Å². The fourth-order valence-electron chi connectivity index (χ4n) is 1.85. The van der Waals surface area contributed by atoms with Crippen LogP contribution in [0.15, 0.2) is 0 Å². The van der Waals surface area contributed by atoms with Crippen LogP contribution in [0.1, 0.15) is 47.0 Å². The number of rotatable bonds is 9. The Kier molecular flexibility index (Phi) is 8.07. The maximum absolute atomic E-state index is 11.9. The van der Waals surface area contributed by atoms with E-state index in [0.29, 0.717) is 12.8 Å². The zero-order valence-corrected chi connectivity index (χ0v) is 12.6. The first-order chi connectivity index (χ1) is 8.41. The molecular formula is C13H25NO3S. The van der Waals surface area contributed by atoms with Crippen molar-refractivity contribution in [3.8, 4) is 0 Å². The number of carboxylic acids is 1. The summed E-state index contributed by atoms with van der Waals surface area (Å²) in [5.74, 6) is 0.840. The molecule has 1 unspecified atom stereocenters. The normalized spacial score (nSPS) is 13.1. The lowest BCUT2D eigenvalue weighted by Crippen LogP contribution is -2.40. The van der Waals surface area contributed by atoms with Gasteiger partial charge in [-0.3, -0.25) is 9.59 Å². The Morgan fingerprint density at radius 1 is 1.28 bits per heavy atom. The van der Waals surface area contributed by atoms with E-state index in [4.69, 9.17) is 0 Å². The number of thioether (sulfide) groups is 1. The molecule has 0 saturated heterocycles. The second kappa shape index (κ2) is 8.40. The highest BCUT2D eigenvalue weighted by Gasteiger charge is 2.37. The predicted octanol–water partition coefficient (Wildman–Crippen LogP) is 2.53. The van der Waals surface area contributed by atoms with Gasteiger partial charge in [-0.05, 0) is 25.5 Å². The Morgan fingerprint density at radius 3 is 2.22 bits per heavy atom. The molecule has 0 aromatic carbocycles. The monoisotopic (exact) mass is 275 g/mol. The SMILES string of the molecule is CCSCC(C)NC(=O)CC(CC)(CC)C(=O)O. The smallest absolute Gasteiger partial charge is 0.310 e. The average Bonchev–Trinajstić information content (AvgIpc) is 2.33. The molecule has 0 bridgehead atoms. The van der Waals surface area contributed by atoms with Gasteiger partial charge in [-0.2, -0.15) is 11.8 Å². The zero-order chi connectivity index (χ0) is 14.2. The van der Waals surface area contributed by atoms with E-state index >= 15 is 0 Å². The van der Waals surface area contributed by atoms with Crippen LogP contribution >= 0.6 is 11.8 Å². The molecule has 0 aliphatic carbocycles. The van der Waals surface area contributed by atoms with Crippen LogP contribution in [0.3, 0.4) is 0 Å². The molecule has 0 heterocycles. The summed E-state index contributed by atoms with van der Waals surface area (Å²) >= 11 is 1.76. The van der Waals surface area contributed by atoms with Crippen molar-refractivity contribution in [2.75, 3.05) is 11.5 Å². The van der Waals surface area contributed by atoms with Crippen LogP contribution in [-0.4, -0.2) is 34.5 Å². The van der Waals surface area contributed by atoms with E-state index in [2.05, 4.69) is 12.2 Å². The van der Waals surface area contributed by atoms with Crippen molar-refractivity contribution in [3.05, 3.63) is 0 Å². The summed E-state index contributed by atoms with van der Waals surface area (Å²) in [6, 6.07) is 0.0858. The van der Waals surface area contributed by atoms with Gasteiger partial charge >= 0.3 is 5.97 Å². The third-order valence-electron chi connectivity index (χ3n) is 3.29. The quantitative estimate of drug-likeness (QED) is 0.678. The van der Waals surface area contributed by atoms with Gasteiger partial charge in [-0.15, -0.1) is 0 Å². The zero-order valence-electron chi connectivity index (χ0n) is 11.8. The van der Waals surface area contributed by atoms with Gasteiger partial charge in [0, 0.05) is 18.2 Å². The van der Waals surface area contributed by atoms with Gasteiger partial charge in [-0.1, -0.05) is 20.8 Å². The van der Waals surface area contributed by atoms with Crippen LogP contribution in [0.4, 0.5) is 0 Å². The number of carboxylic acid groups (broad SMARTS) is 1. The third kappa shape index (κ3) is 5.29. The summed E-state index contributed by atoms with van der Waals surface area (Å²) in [6.07, 6.45) is 1.02. The molecule has 0 aliphatic rings. The molecule has 106 valence electrons. The second-order valence-electron chi connectivity index (χ2n) is 4.60. The highest BCUT2D eigenvalue weighted by Crippen LogP contribution is 2.30. The highest BCUT2D eigenvalue weighted by atomic mass is 32.2. The number of carbonyl (C=O) groups excluding carboxylic acids is 1. The molecule has 0 aromatic heterocycles. The van der Waals surface area contributed by atoms with E-state index in [1.807, 2.05) is 20.8 Å². The molecule has 0 aromatic rings. The number of carbonyl (C=O) groups is 2. The van der Waals surface area contributed by atoms with Crippen LogP contribution in [0.25, 0.3) is 0 Å². The fraction of sp³-hybridized carbons (Fsp3) is 0.846. The lowest BCUT2D eigenvalue weighted by molar-refractivity contribution is -0.152. The maximum Gasteiger partial charge on any atom is 0.310 e. The minimum Gasteiger partial charge on any atom is -0.481 e. The first-order valence-electron chi connectivity index (χ1n) is 6.52. The topological polar surface area (TPSA) is 66.4 Å². The molecule has 0 fully saturated rings. The molecule has 0 rings (SSSR count). The molecular weight excluding hydrogens is 250 g/mol. The fourth-order valence-corrected chi connectivity index (χ4v) is 2.52. The lowest BCUT2D eigenvalue weighted by atomic mass is 9.79. The van der Waals surface area contributed by atoms with Crippen molar-refractivity contribution >= 4 is 23.6 Å². The van der Waals surface area contributed by atoms with Gasteiger partial charge < -0.3 is 10.4 Å². The van der Waals surface area contributed by atoms with Gasteiger partial charge in [0.25, 0.3) is 0 Å². The Morgan fingerprint density at radius 2 is 1.83 bits per heavy atom. The molecule has 0 spiro atoms. The molecule has 2 N–H and O–H groups in total. The Balaban J connectivity index is 4.39. The van der Waals surface area contributed by atoms with Crippen LogP contribution in [0.2, 0.25) is 0 Å². The van der Waals surface area contributed by atoms with Crippen LogP contribution in [0, 0.1) is 5.41 Å². The largest absolute Gasteiger partial charge is 0.481 e. The van der Waals surface area contributed by atoms with Crippen molar-refractivity contribution < 1.29 is 14.7 Å². The number of nitrogens with one attached hydrogen (secondary N) is 1. The first-order valence-corrected chi connectivity index (χ1v) is 7.67. The Bertz CT molecular complexity index is 277. The molecule has 4 nitrogen and oxygen atoms in total. The summed E-state index contributed by atoms with van der Waals surface area (Å²) in [6.45, 7) is 7.66. The second-order valence-corrected chi connectivity index (χ2v) is 5.92. The van der Waals surface area contributed by atoms with Gasteiger partial charge in [0.05, 0.1) is 5.41 Å². The number of hydrogen-bond donors (Lipinski definition) is 2. The number of hydrogen-bond acceptors (Lipinski definition) is 3. The lowest BCUT2D eigenvalue weighted by Gasteiger charge is -2.26. The van der Waals surface area contributed by atoms with Crippen LogP contribution < -0.4 is 5.32 Å². The molecule has 1 atom stereocenters. The Hall–Kier alpha value is -0.710. The summed E-state index contributed by atoms with van der Waals surface area (Å²) < 4.78 is 0.